The fourth-order valence-electron chi connectivity index (χ4n) is 3.41. The molecule has 0 heterocycles. The third-order valence-corrected chi connectivity index (χ3v) is 5.54. The van der Waals surface area contributed by atoms with E-state index in [4.69, 9.17) is 0 Å². The van der Waals surface area contributed by atoms with Gasteiger partial charge in [0.15, 0.2) is 0 Å². The summed E-state index contributed by atoms with van der Waals surface area (Å²) in [6.07, 6.45) is 0. The van der Waals surface area contributed by atoms with Gasteiger partial charge in [-0.3, -0.25) is 0 Å². The van der Waals surface area contributed by atoms with Crippen molar-refractivity contribution >= 4 is 44.1 Å². The third-order valence-electron chi connectivity index (χ3n) is 4.46. The second-order valence-electron chi connectivity index (χ2n) is 5.83. The molecule has 0 aliphatic carbocycles. The van der Waals surface area contributed by atoms with Crippen molar-refractivity contribution in [3.63, 3.8) is 0 Å². The summed E-state index contributed by atoms with van der Waals surface area (Å²) in [6, 6.07) is 30.6. The second-order valence-corrected chi connectivity index (χ2v) is 6.95. The lowest BCUT2D eigenvalue weighted by atomic mass is 9.94. The van der Waals surface area contributed by atoms with Gasteiger partial charge in [-0.25, -0.2) is 0 Å². The van der Waals surface area contributed by atoms with Crippen LogP contribution < -0.4 is 0 Å². The molecule has 0 aliphatic heterocycles. The molecule has 0 nitrogen and oxygen atoms in total. The first kappa shape index (κ1) is 13.0. The third kappa shape index (κ3) is 2.01. The lowest BCUT2D eigenvalue weighted by molar-refractivity contribution is 1.44. The molecular formula is C22H14S. The van der Waals surface area contributed by atoms with Crippen molar-refractivity contribution < 1.29 is 0 Å². The Morgan fingerprint density at radius 2 is 1.13 bits per heavy atom. The largest absolute Gasteiger partial charge is 0.0894 e. The maximum absolute atomic E-state index is 2.27. The predicted molar refractivity (Wildman–Crippen MR) is 101 cm³/mol. The van der Waals surface area contributed by atoms with Crippen LogP contribution in [0.4, 0.5) is 0 Å². The molecule has 0 fully saturated rings. The summed E-state index contributed by atoms with van der Waals surface area (Å²) in [4.78, 5) is 2.60. The van der Waals surface area contributed by atoms with E-state index in [9.17, 15) is 0 Å². The van der Waals surface area contributed by atoms with Crippen molar-refractivity contribution in [1.29, 1.82) is 0 Å². The van der Waals surface area contributed by atoms with Crippen molar-refractivity contribution in [2.45, 2.75) is 9.79 Å². The molecule has 0 spiro atoms. The Morgan fingerprint density at radius 3 is 1.91 bits per heavy atom. The summed E-state index contributed by atoms with van der Waals surface area (Å²) >= 11 is 1.84. The molecule has 5 aromatic carbocycles. The first-order valence-electron chi connectivity index (χ1n) is 7.79. The Kier molecular flexibility index (Phi) is 2.82. The highest BCUT2D eigenvalue weighted by Crippen LogP contribution is 2.40. The zero-order chi connectivity index (χ0) is 15.2. The zero-order valence-electron chi connectivity index (χ0n) is 12.5. The van der Waals surface area contributed by atoms with Crippen molar-refractivity contribution in [2.75, 3.05) is 0 Å². The molecule has 0 saturated heterocycles. The van der Waals surface area contributed by atoms with Gasteiger partial charge >= 0.3 is 0 Å². The molecule has 0 aromatic heterocycles. The van der Waals surface area contributed by atoms with Crippen LogP contribution in [0.25, 0.3) is 32.3 Å². The second kappa shape index (κ2) is 5.00. The van der Waals surface area contributed by atoms with Crippen molar-refractivity contribution in [3.8, 4) is 0 Å². The van der Waals surface area contributed by atoms with Crippen LogP contribution >= 0.6 is 11.8 Å². The Bertz CT molecular complexity index is 1110. The highest BCUT2D eigenvalue weighted by molar-refractivity contribution is 7.99. The Balaban J connectivity index is 1.84. The smallest absolute Gasteiger partial charge is 0.0201 e. The molecule has 1 heteroatoms. The van der Waals surface area contributed by atoms with Crippen LogP contribution in [0.3, 0.4) is 0 Å². The zero-order valence-corrected chi connectivity index (χ0v) is 13.3. The number of hydrogen-bond donors (Lipinski definition) is 0. The van der Waals surface area contributed by atoms with E-state index in [1.807, 2.05) is 11.8 Å². The molecule has 5 aromatic rings. The molecule has 5 rings (SSSR count). The predicted octanol–water partition coefficient (Wildman–Crippen LogP) is 6.74. The number of hydrogen-bond acceptors (Lipinski definition) is 1. The maximum atomic E-state index is 2.27. The molecular weight excluding hydrogens is 296 g/mol. The van der Waals surface area contributed by atoms with Crippen LogP contribution in [0.5, 0.6) is 0 Å². The summed E-state index contributed by atoms with van der Waals surface area (Å²) in [6.45, 7) is 0. The van der Waals surface area contributed by atoms with Gasteiger partial charge in [-0.2, -0.15) is 0 Å². The van der Waals surface area contributed by atoms with Gasteiger partial charge in [0.1, 0.15) is 0 Å². The minimum Gasteiger partial charge on any atom is -0.0894 e. The van der Waals surface area contributed by atoms with E-state index in [0.29, 0.717) is 0 Å². The first-order valence-corrected chi connectivity index (χ1v) is 8.61. The average Bonchev–Trinajstić information content (AvgIpc) is 2.62. The van der Waals surface area contributed by atoms with Crippen molar-refractivity contribution in [1.82, 2.24) is 0 Å². The molecule has 0 amide bonds. The standard InChI is InChI=1S/C22H14S/c1-2-7-18(8-3-1)23-20-14-12-17-10-9-15-5-4-6-16-11-13-19(20)22(17)21(15)16/h1-14H. The summed E-state index contributed by atoms with van der Waals surface area (Å²) in [5, 5.41) is 8.09. The summed E-state index contributed by atoms with van der Waals surface area (Å²) in [5.41, 5.74) is 0. The summed E-state index contributed by atoms with van der Waals surface area (Å²) < 4.78 is 0. The molecule has 0 saturated carbocycles. The molecule has 0 radical (unpaired) electrons. The van der Waals surface area contributed by atoms with Gasteiger partial charge < -0.3 is 0 Å². The summed E-state index contributed by atoms with van der Waals surface area (Å²) in [5.74, 6) is 0. The Labute approximate surface area is 139 Å². The van der Waals surface area contributed by atoms with Crippen LogP contribution in [0.1, 0.15) is 0 Å². The molecule has 0 N–H and O–H groups in total. The monoisotopic (exact) mass is 310 g/mol. The number of rotatable bonds is 2. The van der Waals surface area contributed by atoms with Crippen molar-refractivity contribution in [2.24, 2.45) is 0 Å². The SMILES string of the molecule is c1ccc(Sc2ccc3ccc4cccc5ccc2c3c45)cc1. The highest BCUT2D eigenvalue weighted by atomic mass is 32.2. The lowest BCUT2D eigenvalue weighted by Gasteiger charge is -2.13. The van der Waals surface area contributed by atoms with Crippen LogP contribution in [-0.2, 0) is 0 Å². The molecule has 0 aliphatic rings. The molecule has 0 atom stereocenters. The normalized spacial score (nSPS) is 11.7. The van der Waals surface area contributed by atoms with Crippen molar-refractivity contribution in [3.05, 3.63) is 84.9 Å². The fraction of sp³-hybridized carbons (Fsp3) is 0. The van der Waals surface area contributed by atoms with Crippen LogP contribution in [0.15, 0.2) is 94.7 Å². The van der Waals surface area contributed by atoms with E-state index in [0.717, 1.165) is 0 Å². The van der Waals surface area contributed by atoms with Gasteiger partial charge in [-0.05, 0) is 50.5 Å². The lowest BCUT2D eigenvalue weighted by Crippen LogP contribution is -1.85. The van der Waals surface area contributed by atoms with Crippen LogP contribution in [-0.4, -0.2) is 0 Å². The van der Waals surface area contributed by atoms with Gasteiger partial charge in [-0.15, -0.1) is 0 Å². The first-order chi connectivity index (χ1) is 11.4. The van der Waals surface area contributed by atoms with Gasteiger partial charge in [0, 0.05) is 9.79 Å². The minimum absolute atomic E-state index is 1.28. The minimum atomic E-state index is 1.28. The quantitative estimate of drug-likeness (QED) is 0.325. The van der Waals surface area contributed by atoms with Gasteiger partial charge in [0.25, 0.3) is 0 Å². The van der Waals surface area contributed by atoms with Gasteiger partial charge in [0.05, 0.1) is 0 Å². The number of benzene rings is 5. The fourth-order valence-corrected chi connectivity index (χ4v) is 4.38. The average molecular weight is 310 g/mol. The highest BCUT2D eigenvalue weighted by Gasteiger charge is 2.11. The maximum Gasteiger partial charge on any atom is 0.0201 e. The molecule has 0 bridgehead atoms. The topological polar surface area (TPSA) is 0 Å². The van der Waals surface area contributed by atoms with Gasteiger partial charge in [0.2, 0.25) is 0 Å². The van der Waals surface area contributed by atoms with E-state index in [-0.39, 0.29) is 0 Å². The van der Waals surface area contributed by atoms with E-state index >= 15 is 0 Å². The molecule has 23 heavy (non-hydrogen) atoms. The van der Waals surface area contributed by atoms with E-state index < -0.39 is 0 Å². The Morgan fingerprint density at radius 1 is 0.478 bits per heavy atom. The molecule has 108 valence electrons. The molecule has 0 unspecified atom stereocenters. The van der Waals surface area contributed by atoms with E-state index in [2.05, 4.69) is 84.9 Å². The van der Waals surface area contributed by atoms with Gasteiger partial charge in [-0.1, -0.05) is 78.5 Å². The van der Waals surface area contributed by atoms with Crippen LogP contribution in [0.2, 0.25) is 0 Å². The van der Waals surface area contributed by atoms with Crippen LogP contribution in [0, 0.1) is 0 Å². The van der Waals surface area contributed by atoms with E-state index in [1.54, 1.807) is 0 Å². The summed E-state index contributed by atoms with van der Waals surface area (Å²) in [7, 11) is 0. The Hall–Kier alpha value is -2.51. The van der Waals surface area contributed by atoms with E-state index in [1.165, 1.54) is 42.1 Å².